The minimum absolute atomic E-state index is 0.227. The molecule has 1 aliphatic carbocycles. The lowest BCUT2D eigenvalue weighted by Gasteiger charge is -2.15. The van der Waals surface area contributed by atoms with Gasteiger partial charge in [-0.15, -0.1) is 0 Å². The molecule has 0 saturated heterocycles. The summed E-state index contributed by atoms with van der Waals surface area (Å²) in [5.41, 5.74) is 8.97. The van der Waals surface area contributed by atoms with Crippen molar-refractivity contribution < 1.29 is 0 Å². The summed E-state index contributed by atoms with van der Waals surface area (Å²) in [5.74, 6) is 0.714. The molecule has 0 heterocycles. The summed E-state index contributed by atoms with van der Waals surface area (Å²) in [6.07, 6.45) is 2.59. The van der Waals surface area contributed by atoms with E-state index in [2.05, 4.69) is 43.3 Å². The van der Waals surface area contributed by atoms with Gasteiger partial charge in [-0.1, -0.05) is 36.4 Å². The third-order valence-electron chi connectivity index (χ3n) is 3.66. The standard InChI is InChI=1S/C15H17N/c1-10-6-9-14(15(16)11-7-8-11)13-5-3-2-4-12(10)13/h2-6,9,11,15H,7-8,16H2,1H3/t15-/m0/s1. The highest BCUT2D eigenvalue weighted by Crippen LogP contribution is 2.41. The SMILES string of the molecule is Cc1ccc([C@@H](N)C2CC2)c2ccccc12. The molecule has 1 aliphatic rings. The van der Waals surface area contributed by atoms with E-state index < -0.39 is 0 Å². The third kappa shape index (κ3) is 1.52. The van der Waals surface area contributed by atoms with E-state index in [-0.39, 0.29) is 6.04 Å². The summed E-state index contributed by atoms with van der Waals surface area (Å²) in [5, 5.41) is 2.68. The molecule has 1 nitrogen and oxygen atoms in total. The fourth-order valence-electron chi connectivity index (χ4n) is 2.47. The molecule has 3 rings (SSSR count). The predicted molar refractivity (Wildman–Crippen MR) is 68.3 cm³/mol. The summed E-state index contributed by atoms with van der Waals surface area (Å²) >= 11 is 0. The van der Waals surface area contributed by atoms with Crippen molar-refractivity contribution in [1.29, 1.82) is 0 Å². The molecular formula is C15H17N. The van der Waals surface area contributed by atoms with Crippen LogP contribution in [0.25, 0.3) is 10.8 Å². The van der Waals surface area contributed by atoms with Gasteiger partial charge in [-0.2, -0.15) is 0 Å². The van der Waals surface area contributed by atoms with Gasteiger partial charge in [0, 0.05) is 6.04 Å². The molecule has 1 fully saturated rings. The summed E-state index contributed by atoms with van der Waals surface area (Å²) in [6, 6.07) is 13.2. The minimum Gasteiger partial charge on any atom is -0.324 e. The van der Waals surface area contributed by atoms with E-state index in [1.807, 2.05) is 0 Å². The van der Waals surface area contributed by atoms with Crippen LogP contribution in [0.2, 0.25) is 0 Å². The molecular weight excluding hydrogens is 194 g/mol. The summed E-state index contributed by atoms with van der Waals surface area (Å²) in [7, 11) is 0. The highest BCUT2D eigenvalue weighted by Gasteiger charge is 2.30. The lowest BCUT2D eigenvalue weighted by Crippen LogP contribution is -2.12. The summed E-state index contributed by atoms with van der Waals surface area (Å²) < 4.78 is 0. The van der Waals surface area contributed by atoms with Crippen LogP contribution in [-0.4, -0.2) is 0 Å². The third-order valence-corrected chi connectivity index (χ3v) is 3.66. The van der Waals surface area contributed by atoms with Gasteiger partial charge in [-0.05, 0) is 47.6 Å². The average Bonchev–Trinajstić information content (AvgIpc) is 3.13. The predicted octanol–water partition coefficient (Wildman–Crippen LogP) is 3.56. The minimum atomic E-state index is 0.227. The first-order valence-electron chi connectivity index (χ1n) is 6.01. The van der Waals surface area contributed by atoms with E-state index in [0.29, 0.717) is 5.92 Å². The molecule has 1 atom stereocenters. The van der Waals surface area contributed by atoms with Crippen LogP contribution in [0.3, 0.4) is 0 Å². The van der Waals surface area contributed by atoms with Crippen molar-refractivity contribution in [2.24, 2.45) is 11.7 Å². The maximum atomic E-state index is 6.32. The van der Waals surface area contributed by atoms with Crippen LogP contribution in [0.4, 0.5) is 0 Å². The fraction of sp³-hybridized carbons (Fsp3) is 0.333. The van der Waals surface area contributed by atoms with Crippen LogP contribution in [0.5, 0.6) is 0 Å². The van der Waals surface area contributed by atoms with Gasteiger partial charge in [0.05, 0.1) is 0 Å². The lowest BCUT2D eigenvalue weighted by molar-refractivity contribution is 0.638. The van der Waals surface area contributed by atoms with Crippen molar-refractivity contribution in [2.75, 3.05) is 0 Å². The molecule has 1 saturated carbocycles. The normalized spacial score (nSPS) is 17.6. The van der Waals surface area contributed by atoms with E-state index in [1.165, 1.54) is 34.7 Å². The zero-order chi connectivity index (χ0) is 11.1. The van der Waals surface area contributed by atoms with Gasteiger partial charge >= 0.3 is 0 Å². The maximum Gasteiger partial charge on any atom is 0.0329 e. The molecule has 16 heavy (non-hydrogen) atoms. The molecule has 2 N–H and O–H groups in total. The Balaban J connectivity index is 2.20. The molecule has 0 aromatic heterocycles. The Kier molecular flexibility index (Phi) is 2.22. The Labute approximate surface area is 96.3 Å². The number of rotatable bonds is 2. The van der Waals surface area contributed by atoms with Crippen molar-refractivity contribution in [3.63, 3.8) is 0 Å². The second-order valence-electron chi connectivity index (χ2n) is 4.88. The number of hydrogen-bond acceptors (Lipinski definition) is 1. The van der Waals surface area contributed by atoms with E-state index in [9.17, 15) is 0 Å². The zero-order valence-corrected chi connectivity index (χ0v) is 9.61. The second-order valence-corrected chi connectivity index (χ2v) is 4.88. The van der Waals surface area contributed by atoms with Crippen LogP contribution < -0.4 is 5.73 Å². The van der Waals surface area contributed by atoms with Crippen molar-refractivity contribution in [1.82, 2.24) is 0 Å². The van der Waals surface area contributed by atoms with Gasteiger partial charge in [0.2, 0.25) is 0 Å². The largest absolute Gasteiger partial charge is 0.324 e. The van der Waals surface area contributed by atoms with Crippen LogP contribution >= 0.6 is 0 Å². The van der Waals surface area contributed by atoms with Gasteiger partial charge < -0.3 is 5.73 Å². The number of fused-ring (bicyclic) bond motifs is 1. The molecule has 1 heteroatoms. The number of benzene rings is 2. The van der Waals surface area contributed by atoms with Crippen molar-refractivity contribution >= 4 is 10.8 Å². The Hall–Kier alpha value is -1.34. The van der Waals surface area contributed by atoms with Gasteiger partial charge in [-0.25, -0.2) is 0 Å². The van der Waals surface area contributed by atoms with Gasteiger partial charge in [-0.3, -0.25) is 0 Å². The Morgan fingerprint density at radius 2 is 1.75 bits per heavy atom. The Morgan fingerprint density at radius 3 is 2.44 bits per heavy atom. The van der Waals surface area contributed by atoms with Crippen molar-refractivity contribution in [2.45, 2.75) is 25.8 Å². The Morgan fingerprint density at radius 1 is 1.06 bits per heavy atom. The number of aryl methyl sites for hydroxylation is 1. The van der Waals surface area contributed by atoms with Crippen LogP contribution in [0.15, 0.2) is 36.4 Å². The zero-order valence-electron chi connectivity index (χ0n) is 9.61. The van der Waals surface area contributed by atoms with Crippen LogP contribution in [0, 0.1) is 12.8 Å². The molecule has 0 unspecified atom stereocenters. The molecule has 2 aromatic rings. The first kappa shape index (κ1) is 9.86. The average molecular weight is 211 g/mol. The maximum absolute atomic E-state index is 6.32. The van der Waals surface area contributed by atoms with E-state index in [1.54, 1.807) is 0 Å². The van der Waals surface area contributed by atoms with Gasteiger partial charge in [0.25, 0.3) is 0 Å². The molecule has 0 aliphatic heterocycles. The highest BCUT2D eigenvalue weighted by molar-refractivity contribution is 5.88. The first-order valence-corrected chi connectivity index (χ1v) is 6.01. The summed E-state index contributed by atoms with van der Waals surface area (Å²) in [4.78, 5) is 0. The summed E-state index contributed by atoms with van der Waals surface area (Å²) in [6.45, 7) is 2.16. The quantitative estimate of drug-likeness (QED) is 0.807. The topological polar surface area (TPSA) is 26.0 Å². The highest BCUT2D eigenvalue weighted by atomic mass is 14.7. The molecule has 0 amide bonds. The Bertz CT molecular complexity index is 526. The van der Waals surface area contributed by atoms with E-state index >= 15 is 0 Å². The van der Waals surface area contributed by atoms with Gasteiger partial charge in [0.1, 0.15) is 0 Å². The first-order chi connectivity index (χ1) is 7.77. The van der Waals surface area contributed by atoms with Gasteiger partial charge in [0.15, 0.2) is 0 Å². The number of hydrogen-bond donors (Lipinski definition) is 1. The van der Waals surface area contributed by atoms with E-state index in [0.717, 1.165) is 0 Å². The van der Waals surface area contributed by atoms with Crippen molar-refractivity contribution in [3.05, 3.63) is 47.5 Å². The molecule has 82 valence electrons. The second kappa shape index (κ2) is 3.60. The molecule has 0 bridgehead atoms. The smallest absolute Gasteiger partial charge is 0.0329 e. The molecule has 0 spiro atoms. The van der Waals surface area contributed by atoms with Crippen LogP contribution in [-0.2, 0) is 0 Å². The molecule has 0 radical (unpaired) electrons. The number of nitrogens with two attached hydrogens (primary N) is 1. The fourth-order valence-corrected chi connectivity index (χ4v) is 2.47. The van der Waals surface area contributed by atoms with Crippen molar-refractivity contribution in [3.8, 4) is 0 Å². The lowest BCUT2D eigenvalue weighted by atomic mass is 9.94. The van der Waals surface area contributed by atoms with Crippen LogP contribution in [0.1, 0.15) is 30.0 Å². The van der Waals surface area contributed by atoms with E-state index in [4.69, 9.17) is 5.73 Å². The monoisotopic (exact) mass is 211 g/mol. The molecule has 2 aromatic carbocycles.